The monoisotopic (exact) mass is 307 g/mol. The molecule has 0 amide bonds. The predicted octanol–water partition coefficient (Wildman–Crippen LogP) is 3.12. The number of hydrogen-bond donors (Lipinski definition) is 0. The molecule has 2 aromatic heterocycles. The topological polar surface area (TPSA) is 56.5 Å². The first-order chi connectivity index (χ1) is 11.1. The first kappa shape index (κ1) is 13.9. The van der Waals surface area contributed by atoms with Crippen LogP contribution in [-0.4, -0.2) is 20.3 Å². The molecular weight excluding hydrogens is 290 g/mol. The molecule has 5 heteroatoms. The van der Waals surface area contributed by atoms with Gasteiger partial charge >= 0.3 is 5.97 Å². The lowest BCUT2D eigenvalue weighted by Crippen LogP contribution is -2.06. The third kappa shape index (κ3) is 2.20. The van der Waals surface area contributed by atoms with Gasteiger partial charge in [-0.25, -0.2) is 9.97 Å². The maximum absolute atomic E-state index is 11.3. The Morgan fingerprint density at radius 2 is 2.09 bits per heavy atom. The van der Waals surface area contributed by atoms with Crippen LogP contribution in [0.5, 0.6) is 5.88 Å². The average Bonchev–Trinajstić information content (AvgIpc) is 2.73. The number of rotatable bonds is 1. The van der Waals surface area contributed by atoms with Crippen molar-refractivity contribution < 1.29 is 9.53 Å². The molecule has 2 heterocycles. The fourth-order valence-corrected chi connectivity index (χ4v) is 3.30. The maximum atomic E-state index is 11.3. The van der Waals surface area contributed by atoms with Crippen LogP contribution in [0, 0.1) is 6.92 Å². The van der Waals surface area contributed by atoms with Gasteiger partial charge in [0.2, 0.25) is 5.88 Å². The zero-order valence-corrected chi connectivity index (χ0v) is 13.2. The van der Waals surface area contributed by atoms with Gasteiger partial charge in [0.15, 0.2) is 0 Å². The van der Waals surface area contributed by atoms with Crippen LogP contribution in [0.4, 0.5) is 0 Å². The van der Waals surface area contributed by atoms with Crippen LogP contribution in [0.1, 0.15) is 30.2 Å². The molecule has 4 rings (SSSR count). The highest BCUT2D eigenvalue weighted by molar-refractivity contribution is 5.75. The molecule has 0 saturated heterocycles. The number of aromatic nitrogens is 3. The van der Waals surface area contributed by atoms with Gasteiger partial charge in [0.05, 0.1) is 5.69 Å². The van der Waals surface area contributed by atoms with Crippen molar-refractivity contribution in [2.45, 2.75) is 33.1 Å². The number of nitrogens with zero attached hydrogens (tertiary/aromatic N) is 3. The lowest BCUT2D eigenvalue weighted by atomic mass is 10.0. The minimum Gasteiger partial charge on any atom is -0.407 e. The summed E-state index contributed by atoms with van der Waals surface area (Å²) in [6, 6.07) is 8.39. The summed E-state index contributed by atoms with van der Waals surface area (Å²) < 4.78 is 7.09. The molecule has 0 spiro atoms. The standard InChI is InChI=1S/C18H17N3O2/c1-11-18(23-12(2)22)21-10-19-16-14-8-4-3-6-13(14)7-5-9-15(16)17(21)20-11/h3-4,6,8,10H,5,7,9H2,1-2H3. The number of hydrogen-bond acceptors (Lipinski definition) is 4. The fraction of sp³-hybridized carbons (Fsp3) is 0.278. The number of esters is 1. The van der Waals surface area contributed by atoms with E-state index in [2.05, 4.69) is 28.2 Å². The van der Waals surface area contributed by atoms with Crippen molar-refractivity contribution in [1.82, 2.24) is 14.4 Å². The summed E-state index contributed by atoms with van der Waals surface area (Å²) in [7, 11) is 0. The minimum absolute atomic E-state index is 0.352. The maximum Gasteiger partial charge on any atom is 0.309 e. The van der Waals surface area contributed by atoms with Crippen molar-refractivity contribution >= 4 is 11.6 Å². The highest BCUT2D eigenvalue weighted by atomic mass is 16.5. The molecule has 0 saturated carbocycles. The fourth-order valence-electron chi connectivity index (χ4n) is 3.30. The molecular formula is C18H17N3O2. The molecule has 0 radical (unpaired) electrons. The zero-order valence-electron chi connectivity index (χ0n) is 13.2. The molecule has 0 N–H and O–H groups in total. The Balaban J connectivity index is 1.98. The van der Waals surface area contributed by atoms with Gasteiger partial charge in [0.25, 0.3) is 0 Å². The number of carbonyl (C=O) groups excluding carboxylic acids is 1. The quantitative estimate of drug-likeness (QED) is 0.648. The van der Waals surface area contributed by atoms with E-state index in [1.807, 2.05) is 13.0 Å². The van der Waals surface area contributed by atoms with Gasteiger partial charge in [-0.1, -0.05) is 24.3 Å². The van der Waals surface area contributed by atoms with Gasteiger partial charge in [-0.3, -0.25) is 9.20 Å². The molecule has 0 aliphatic heterocycles. The van der Waals surface area contributed by atoms with Crippen molar-refractivity contribution in [3.8, 4) is 17.1 Å². The Kier molecular flexibility index (Phi) is 3.15. The normalized spacial score (nSPS) is 13.3. The molecule has 0 bridgehead atoms. The van der Waals surface area contributed by atoms with Crippen molar-refractivity contribution in [2.24, 2.45) is 0 Å². The van der Waals surface area contributed by atoms with E-state index >= 15 is 0 Å². The second-order valence-electron chi connectivity index (χ2n) is 5.87. The van der Waals surface area contributed by atoms with E-state index < -0.39 is 0 Å². The second-order valence-corrected chi connectivity index (χ2v) is 5.87. The molecule has 23 heavy (non-hydrogen) atoms. The van der Waals surface area contributed by atoms with Crippen molar-refractivity contribution in [3.63, 3.8) is 0 Å². The van der Waals surface area contributed by atoms with E-state index in [0.29, 0.717) is 11.6 Å². The molecule has 1 aliphatic rings. The summed E-state index contributed by atoms with van der Waals surface area (Å²) in [6.07, 6.45) is 4.71. The lowest BCUT2D eigenvalue weighted by Gasteiger charge is -2.09. The number of fused-ring (bicyclic) bond motifs is 5. The van der Waals surface area contributed by atoms with Crippen LogP contribution >= 0.6 is 0 Å². The van der Waals surface area contributed by atoms with Crippen LogP contribution in [0.25, 0.3) is 16.9 Å². The largest absolute Gasteiger partial charge is 0.407 e. The van der Waals surface area contributed by atoms with E-state index in [0.717, 1.165) is 36.2 Å². The summed E-state index contributed by atoms with van der Waals surface area (Å²) in [6.45, 7) is 3.24. The summed E-state index contributed by atoms with van der Waals surface area (Å²) >= 11 is 0. The molecule has 0 fully saturated rings. The molecule has 3 aromatic rings. The first-order valence-electron chi connectivity index (χ1n) is 7.78. The van der Waals surface area contributed by atoms with Gasteiger partial charge in [-0.05, 0) is 31.7 Å². The molecule has 0 atom stereocenters. The predicted molar refractivity (Wildman–Crippen MR) is 86.5 cm³/mol. The molecule has 1 aromatic carbocycles. The van der Waals surface area contributed by atoms with Crippen LogP contribution < -0.4 is 4.74 Å². The van der Waals surface area contributed by atoms with Crippen LogP contribution in [-0.2, 0) is 17.6 Å². The van der Waals surface area contributed by atoms with Crippen LogP contribution in [0.3, 0.4) is 0 Å². The van der Waals surface area contributed by atoms with Crippen molar-refractivity contribution in [3.05, 3.63) is 47.4 Å². The smallest absolute Gasteiger partial charge is 0.309 e. The van der Waals surface area contributed by atoms with E-state index in [9.17, 15) is 4.79 Å². The van der Waals surface area contributed by atoms with Crippen LogP contribution in [0.15, 0.2) is 30.6 Å². The Bertz CT molecular complexity index is 927. The Morgan fingerprint density at radius 1 is 1.26 bits per heavy atom. The molecule has 1 aliphatic carbocycles. The summed E-state index contributed by atoms with van der Waals surface area (Å²) in [5.41, 5.74) is 6.15. The number of carbonyl (C=O) groups is 1. The molecule has 0 unspecified atom stereocenters. The third-order valence-electron chi connectivity index (χ3n) is 4.27. The van der Waals surface area contributed by atoms with E-state index in [4.69, 9.17) is 4.74 Å². The van der Waals surface area contributed by atoms with Gasteiger partial charge in [-0.2, -0.15) is 0 Å². The van der Waals surface area contributed by atoms with Gasteiger partial charge in [0, 0.05) is 18.1 Å². The Morgan fingerprint density at radius 3 is 2.91 bits per heavy atom. The highest BCUT2D eigenvalue weighted by Crippen LogP contribution is 2.34. The SMILES string of the molecule is CC(=O)Oc1c(C)nc2c3c(ncn12)-c1ccccc1CCC3. The van der Waals surface area contributed by atoms with Crippen molar-refractivity contribution in [1.29, 1.82) is 0 Å². The van der Waals surface area contributed by atoms with E-state index in [-0.39, 0.29) is 5.97 Å². The summed E-state index contributed by atoms with van der Waals surface area (Å²) in [5.74, 6) is 0.107. The van der Waals surface area contributed by atoms with Gasteiger partial charge in [0.1, 0.15) is 17.7 Å². The molecule has 5 nitrogen and oxygen atoms in total. The number of ether oxygens (including phenoxy) is 1. The van der Waals surface area contributed by atoms with E-state index in [1.165, 1.54) is 18.1 Å². The third-order valence-corrected chi connectivity index (χ3v) is 4.27. The average molecular weight is 307 g/mol. The molecule has 116 valence electrons. The van der Waals surface area contributed by atoms with Crippen LogP contribution in [0.2, 0.25) is 0 Å². The minimum atomic E-state index is -0.352. The lowest BCUT2D eigenvalue weighted by molar-refractivity contribution is -0.132. The number of aryl methyl sites for hydroxylation is 3. The second kappa shape index (κ2) is 5.19. The first-order valence-corrected chi connectivity index (χ1v) is 7.78. The number of imidazole rings is 1. The summed E-state index contributed by atoms with van der Waals surface area (Å²) in [4.78, 5) is 20.6. The number of benzene rings is 1. The van der Waals surface area contributed by atoms with Crippen molar-refractivity contribution in [2.75, 3.05) is 0 Å². The van der Waals surface area contributed by atoms with E-state index in [1.54, 1.807) is 10.7 Å². The van der Waals surface area contributed by atoms with Gasteiger partial charge in [-0.15, -0.1) is 0 Å². The Hall–Kier alpha value is -2.69. The zero-order chi connectivity index (χ0) is 16.0. The highest BCUT2D eigenvalue weighted by Gasteiger charge is 2.22. The van der Waals surface area contributed by atoms with Gasteiger partial charge < -0.3 is 4.74 Å². The summed E-state index contributed by atoms with van der Waals surface area (Å²) in [5, 5.41) is 0. The Labute approximate surface area is 134 Å².